The maximum Gasteiger partial charge on any atom is 0.332 e. The van der Waals surface area contributed by atoms with Gasteiger partial charge in [-0.2, -0.15) is 4.57 Å². The second-order valence-corrected chi connectivity index (χ2v) is 11.5. The second-order valence-electron chi connectivity index (χ2n) is 11.5. The average molecular weight is 664 g/mol. The Morgan fingerprint density at radius 2 is 1.81 bits per heavy atom. The van der Waals surface area contributed by atoms with E-state index in [1.165, 1.54) is 11.3 Å². The standard InChI is InChI=1S/C35H46N6O7/c1-45-21-22-46-26-34(43)48-25-30-15-14-28-11-5-6-13-32(28)41(30)20-7-12-29-23-40(39-38-29)19-8-18-37-35(44)31(36)16-17-33(42)47-24-27-9-3-2-4-10-27/h2-6,9-10,14-15,23,31H,7-8,11-13,16-22,24-26,36H2,1H3/p+1. The molecule has 13 heteroatoms. The largest absolute Gasteiger partial charge is 0.461 e. The molecule has 1 aliphatic rings. The molecule has 258 valence electrons. The van der Waals surface area contributed by atoms with E-state index in [1.54, 1.807) is 11.8 Å². The van der Waals surface area contributed by atoms with E-state index in [0.717, 1.165) is 49.2 Å². The number of nitrogens with one attached hydrogen (secondary N) is 1. The number of nitrogens with two attached hydrogens (primary N) is 1. The molecule has 3 aromatic rings. The Bertz CT molecular complexity index is 1490. The van der Waals surface area contributed by atoms with E-state index in [4.69, 9.17) is 24.7 Å². The highest BCUT2D eigenvalue weighted by Gasteiger charge is 2.23. The van der Waals surface area contributed by atoms with E-state index in [0.29, 0.717) is 32.7 Å². The molecule has 1 amide bonds. The first-order valence-corrected chi connectivity index (χ1v) is 16.5. The van der Waals surface area contributed by atoms with Crippen LogP contribution in [0.25, 0.3) is 0 Å². The van der Waals surface area contributed by atoms with Gasteiger partial charge in [0.05, 0.1) is 31.4 Å². The van der Waals surface area contributed by atoms with E-state index >= 15 is 0 Å². The second kappa shape index (κ2) is 20.0. The molecular weight excluding hydrogens is 616 g/mol. The maximum absolute atomic E-state index is 12.4. The molecule has 1 atom stereocenters. The Morgan fingerprint density at radius 3 is 2.65 bits per heavy atom. The van der Waals surface area contributed by atoms with Crippen LogP contribution in [0, 0.1) is 0 Å². The van der Waals surface area contributed by atoms with Gasteiger partial charge in [-0.25, -0.2) is 4.79 Å². The van der Waals surface area contributed by atoms with Gasteiger partial charge in [0.1, 0.15) is 19.8 Å². The number of allylic oxidation sites excluding steroid dienone is 2. The van der Waals surface area contributed by atoms with Gasteiger partial charge >= 0.3 is 11.9 Å². The Hall–Kier alpha value is -4.46. The molecule has 0 aliphatic heterocycles. The summed E-state index contributed by atoms with van der Waals surface area (Å²) in [5.74, 6) is -1.10. The molecule has 0 spiro atoms. The van der Waals surface area contributed by atoms with Crippen molar-refractivity contribution in [1.29, 1.82) is 0 Å². The molecular formula is C35H47N6O7+. The van der Waals surface area contributed by atoms with Crippen molar-refractivity contribution in [2.24, 2.45) is 5.73 Å². The van der Waals surface area contributed by atoms with Crippen LogP contribution in [0.2, 0.25) is 0 Å². The zero-order valence-corrected chi connectivity index (χ0v) is 27.7. The van der Waals surface area contributed by atoms with Gasteiger partial charge in [-0.1, -0.05) is 47.7 Å². The number of benzene rings is 1. The number of rotatable bonds is 21. The van der Waals surface area contributed by atoms with Crippen LogP contribution in [0.5, 0.6) is 0 Å². The number of amides is 1. The van der Waals surface area contributed by atoms with Crippen LogP contribution in [0.15, 0.2) is 60.8 Å². The van der Waals surface area contributed by atoms with Crippen LogP contribution >= 0.6 is 0 Å². The third-order valence-electron chi connectivity index (χ3n) is 7.87. The van der Waals surface area contributed by atoms with Crippen molar-refractivity contribution < 1.29 is 37.9 Å². The Kier molecular flexibility index (Phi) is 15.2. The number of nitrogens with zero attached hydrogens (tertiary/aromatic N) is 4. The first-order chi connectivity index (χ1) is 23.4. The Morgan fingerprint density at radius 1 is 1.00 bits per heavy atom. The predicted octanol–water partition coefficient (Wildman–Crippen LogP) is 1.92. The lowest BCUT2D eigenvalue weighted by molar-refractivity contribution is -0.713. The highest BCUT2D eigenvalue weighted by atomic mass is 16.6. The van der Waals surface area contributed by atoms with Gasteiger partial charge in [0.15, 0.2) is 12.3 Å². The number of carbonyl (C=O) groups excluding carboxylic acids is 3. The van der Waals surface area contributed by atoms with Crippen molar-refractivity contribution >= 4 is 17.8 Å². The summed E-state index contributed by atoms with van der Waals surface area (Å²) in [6.07, 6.45) is 10.5. The fourth-order valence-corrected chi connectivity index (χ4v) is 5.24. The number of hydrogen-bond acceptors (Lipinski definition) is 10. The Balaban J connectivity index is 1.15. The minimum absolute atomic E-state index is 0.0747. The van der Waals surface area contributed by atoms with E-state index in [1.807, 2.05) is 42.6 Å². The van der Waals surface area contributed by atoms with Crippen LogP contribution in [-0.4, -0.2) is 72.4 Å². The number of hydrogen-bond donors (Lipinski definition) is 2. The molecule has 4 rings (SSSR count). The summed E-state index contributed by atoms with van der Waals surface area (Å²) < 4.78 is 25.0. The molecule has 2 heterocycles. The van der Waals surface area contributed by atoms with Gasteiger partial charge in [-0.05, 0) is 37.3 Å². The molecule has 0 fully saturated rings. The highest BCUT2D eigenvalue weighted by Crippen LogP contribution is 2.15. The monoisotopic (exact) mass is 663 g/mol. The number of fused-ring (bicyclic) bond motifs is 1. The van der Waals surface area contributed by atoms with E-state index in [2.05, 4.69) is 38.4 Å². The van der Waals surface area contributed by atoms with Crippen molar-refractivity contribution in [2.75, 3.05) is 33.5 Å². The van der Waals surface area contributed by atoms with Crippen molar-refractivity contribution in [3.63, 3.8) is 0 Å². The fourth-order valence-electron chi connectivity index (χ4n) is 5.24. The number of ether oxygens (including phenoxy) is 4. The van der Waals surface area contributed by atoms with Crippen LogP contribution in [-0.2, 0) is 78.9 Å². The summed E-state index contributed by atoms with van der Waals surface area (Å²) in [7, 11) is 1.58. The van der Waals surface area contributed by atoms with Gasteiger partial charge in [0.2, 0.25) is 11.6 Å². The molecule has 0 bridgehead atoms. The lowest BCUT2D eigenvalue weighted by atomic mass is 10.0. The molecule has 1 aromatic carbocycles. The summed E-state index contributed by atoms with van der Waals surface area (Å²) in [4.78, 5) is 36.6. The molecule has 1 aliphatic carbocycles. The summed E-state index contributed by atoms with van der Waals surface area (Å²) in [5.41, 5.74) is 11.2. The molecule has 3 N–H and O–H groups in total. The molecule has 2 aromatic heterocycles. The molecule has 0 saturated carbocycles. The quantitative estimate of drug-likeness (QED) is 0.0746. The van der Waals surface area contributed by atoms with Gasteiger partial charge in [-0.3, -0.25) is 14.3 Å². The first-order valence-electron chi connectivity index (χ1n) is 16.5. The van der Waals surface area contributed by atoms with Crippen LogP contribution < -0.4 is 15.6 Å². The highest BCUT2D eigenvalue weighted by molar-refractivity contribution is 5.82. The lowest BCUT2D eigenvalue weighted by Gasteiger charge is -2.14. The molecule has 13 nitrogen and oxygen atoms in total. The number of esters is 2. The van der Waals surface area contributed by atoms with Gasteiger partial charge in [-0.15, -0.1) is 5.10 Å². The topological polar surface area (TPSA) is 161 Å². The van der Waals surface area contributed by atoms with Crippen LogP contribution in [0.4, 0.5) is 0 Å². The average Bonchev–Trinajstić information content (AvgIpc) is 3.57. The third-order valence-corrected chi connectivity index (χ3v) is 7.87. The van der Waals surface area contributed by atoms with Crippen LogP contribution in [0.3, 0.4) is 0 Å². The zero-order valence-electron chi connectivity index (χ0n) is 27.7. The lowest BCUT2D eigenvalue weighted by Crippen LogP contribution is -2.44. The summed E-state index contributed by atoms with van der Waals surface area (Å²) in [5, 5.41) is 11.4. The number of methoxy groups -OCH3 is 1. The molecule has 0 saturated heterocycles. The summed E-state index contributed by atoms with van der Waals surface area (Å²) >= 11 is 0. The number of aryl methyl sites for hydroxylation is 2. The molecule has 0 radical (unpaired) electrons. The van der Waals surface area contributed by atoms with Crippen molar-refractivity contribution in [3.8, 4) is 0 Å². The Labute approximate surface area is 281 Å². The minimum atomic E-state index is -0.788. The smallest absolute Gasteiger partial charge is 0.332 e. The maximum atomic E-state index is 12.4. The number of aromatic nitrogens is 4. The van der Waals surface area contributed by atoms with Gasteiger partial charge < -0.3 is 30.0 Å². The van der Waals surface area contributed by atoms with E-state index in [9.17, 15) is 14.4 Å². The van der Waals surface area contributed by atoms with Crippen LogP contribution in [0.1, 0.15) is 53.9 Å². The van der Waals surface area contributed by atoms with E-state index < -0.39 is 12.0 Å². The zero-order chi connectivity index (χ0) is 34.0. The number of carbonyl (C=O) groups is 3. The first kappa shape index (κ1) is 36.4. The predicted molar refractivity (Wildman–Crippen MR) is 175 cm³/mol. The third kappa shape index (κ3) is 12.3. The summed E-state index contributed by atoms with van der Waals surface area (Å²) in [6.45, 7) is 2.78. The molecule has 1 unspecified atom stereocenters. The normalized spacial score (nSPS) is 12.7. The van der Waals surface area contributed by atoms with E-state index in [-0.39, 0.29) is 44.5 Å². The van der Waals surface area contributed by atoms with Crippen molar-refractivity contribution in [2.45, 2.75) is 77.3 Å². The number of pyridine rings is 1. The molecule has 48 heavy (non-hydrogen) atoms. The van der Waals surface area contributed by atoms with Gasteiger partial charge in [0, 0.05) is 50.9 Å². The van der Waals surface area contributed by atoms with Gasteiger partial charge in [0.25, 0.3) is 0 Å². The van der Waals surface area contributed by atoms with Crippen molar-refractivity contribution in [3.05, 3.63) is 89.0 Å². The minimum Gasteiger partial charge on any atom is -0.461 e. The fraction of sp³-hybridized carbons (Fsp3) is 0.486. The van der Waals surface area contributed by atoms with Crippen molar-refractivity contribution in [1.82, 2.24) is 20.3 Å². The SMILES string of the molecule is COCCOCC(=O)OCc1ccc2c([n+]1CCCc1cn(CCCNC(=O)C(N)CCC(=O)OCc3ccccc3)nn1)CC=CC2. The summed E-state index contributed by atoms with van der Waals surface area (Å²) in [6, 6.07) is 12.8.